The molecule has 1 unspecified atom stereocenters. The molecular formula is C29H27N3O5S. The van der Waals surface area contributed by atoms with E-state index in [1.54, 1.807) is 84.9 Å². The SMILES string of the molecule is CCOc1ccc(/C=C(\NC(=O)c2ccccc2)C(=O)Nc2ccc(SC3CC(=O)N(C)C3=O)cc2)cc1. The molecule has 1 aliphatic rings. The second kappa shape index (κ2) is 12.2. The fourth-order valence-corrected chi connectivity index (χ4v) is 4.84. The van der Waals surface area contributed by atoms with Crippen LogP contribution in [0.2, 0.25) is 0 Å². The fourth-order valence-electron chi connectivity index (χ4n) is 3.73. The maximum Gasteiger partial charge on any atom is 0.272 e. The van der Waals surface area contributed by atoms with Gasteiger partial charge in [-0.1, -0.05) is 30.3 Å². The summed E-state index contributed by atoms with van der Waals surface area (Å²) in [5.74, 6) is -0.610. The first-order valence-corrected chi connectivity index (χ1v) is 12.9. The molecule has 0 radical (unpaired) electrons. The van der Waals surface area contributed by atoms with Crippen molar-refractivity contribution in [3.05, 3.63) is 95.7 Å². The largest absolute Gasteiger partial charge is 0.494 e. The molecule has 0 aliphatic carbocycles. The molecule has 1 saturated heterocycles. The van der Waals surface area contributed by atoms with Crippen LogP contribution in [0.25, 0.3) is 6.08 Å². The molecule has 38 heavy (non-hydrogen) atoms. The van der Waals surface area contributed by atoms with E-state index in [0.717, 1.165) is 9.80 Å². The topological polar surface area (TPSA) is 105 Å². The highest BCUT2D eigenvalue weighted by molar-refractivity contribution is 8.00. The number of nitrogens with one attached hydrogen (secondary N) is 2. The van der Waals surface area contributed by atoms with Gasteiger partial charge < -0.3 is 15.4 Å². The van der Waals surface area contributed by atoms with E-state index in [1.807, 2.05) is 6.92 Å². The van der Waals surface area contributed by atoms with Gasteiger partial charge in [0.15, 0.2) is 0 Å². The number of benzene rings is 3. The number of ether oxygens (including phenoxy) is 1. The van der Waals surface area contributed by atoms with Crippen molar-refractivity contribution >= 4 is 47.2 Å². The lowest BCUT2D eigenvalue weighted by Gasteiger charge is -2.13. The Kier molecular flexibility index (Phi) is 8.60. The standard InChI is InChI=1S/C29H27N3O5S/c1-3-37-22-13-9-19(10-14-22)17-24(31-27(34)20-7-5-4-6-8-20)28(35)30-21-11-15-23(16-12-21)38-25-18-26(33)32(2)29(25)36/h4-17,25H,3,18H2,1-2H3,(H,30,35)(H,31,34)/b24-17-. The van der Waals surface area contributed by atoms with Crippen molar-refractivity contribution in [1.29, 1.82) is 0 Å². The molecule has 1 atom stereocenters. The third-order valence-corrected chi connectivity index (χ3v) is 6.96. The molecule has 8 nitrogen and oxygen atoms in total. The van der Waals surface area contributed by atoms with Gasteiger partial charge in [-0.05, 0) is 67.1 Å². The number of likely N-dealkylation sites (tertiary alicyclic amines) is 1. The van der Waals surface area contributed by atoms with Crippen LogP contribution in [-0.2, 0) is 14.4 Å². The van der Waals surface area contributed by atoms with Crippen LogP contribution in [0.4, 0.5) is 5.69 Å². The van der Waals surface area contributed by atoms with Gasteiger partial charge in [-0.3, -0.25) is 24.1 Å². The third-order valence-electron chi connectivity index (χ3n) is 5.76. The smallest absolute Gasteiger partial charge is 0.272 e. The third kappa shape index (κ3) is 6.68. The Morgan fingerprint density at radius 3 is 2.29 bits per heavy atom. The molecule has 4 amide bonds. The van der Waals surface area contributed by atoms with E-state index in [-0.39, 0.29) is 23.9 Å². The highest BCUT2D eigenvalue weighted by atomic mass is 32.2. The number of hydrogen-bond donors (Lipinski definition) is 2. The lowest BCUT2D eigenvalue weighted by molar-refractivity contribution is -0.136. The maximum absolute atomic E-state index is 13.2. The maximum atomic E-state index is 13.2. The van der Waals surface area contributed by atoms with Gasteiger partial charge in [0, 0.05) is 29.6 Å². The first-order chi connectivity index (χ1) is 18.3. The zero-order chi connectivity index (χ0) is 27.1. The number of hydrogen-bond acceptors (Lipinski definition) is 6. The first kappa shape index (κ1) is 26.7. The normalized spacial score (nSPS) is 15.4. The van der Waals surface area contributed by atoms with E-state index >= 15 is 0 Å². The van der Waals surface area contributed by atoms with E-state index in [9.17, 15) is 19.2 Å². The number of carbonyl (C=O) groups is 4. The number of carbonyl (C=O) groups excluding carboxylic acids is 4. The highest BCUT2D eigenvalue weighted by Gasteiger charge is 2.36. The van der Waals surface area contributed by atoms with Crippen molar-refractivity contribution in [3.63, 3.8) is 0 Å². The van der Waals surface area contributed by atoms with Gasteiger partial charge in [-0.2, -0.15) is 0 Å². The first-order valence-electron chi connectivity index (χ1n) is 12.0. The molecule has 4 rings (SSSR count). The van der Waals surface area contributed by atoms with Crippen LogP contribution in [0.1, 0.15) is 29.3 Å². The number of nitrogens with zero attached hydrogens (tertiary/aromatic N) is 1. The van der Waals surface area contributed by atoms with Crippen LogP contribution >= 0.6 is 11.8 Å². The zero-order valence-corrected chi connectivity index (χ0v) is 21.8. The van der Waals surface area contributed by atoms with Crippen LogP contribution in [0, 0.1) is 0 Å². The Balaban J connectivity index is 1.49. The molecule has 0 aromatic heterocycles. The molecule has 1 heterocycles. The molecule has 9 heteroatoms. The van der Waals surface area contributed by atoms with Crippen molar-refractivity contribution in [2.75, 3.05) is 19.0 Å². The van der Waals surface area contributed by atoms with Crippen molar-refractivity contribution in [3.8, 4) is 5.75 Å². The summed E-state index contributed by atoms with van der Waals surface area (Å²) in [4.78, 5) is 51.9. The summed E-state index contributed by atoms with van der Waals surface area (Å²) in [6.45, 7) is 2.44. The van der Waals surface area contributed by atoms with Crippen LogP contribution in [0.5, 0.6) is 5.75 Å². The van der Waals surface area contributed by atoms with E-state index in [4.69, 9.17) is 4.74 Å². The summed E-state index contributed by atoms with van der Waals surface area (Å²) in [5.41, 5.74) is 1.71. The Morgan fingerprint density at radius 1 is 1.00 bits per heavy atom. The average molecular weight is 530 g/mol. The molecule has 1 fully saturated rings. The quantitative estimate of drug-likeness (QED) is 0.316. The molecule has 0 bridgehead atoms. The summed E-state index contributed by atoms with van der Waals surface area (Å²) in [6.07, 6.45) is 1.76. The van der Waals surface area contributed by atoms with Gasteiger partial charge in [0.05, 0.1) is 11.9 Å². The van der Waals surface area contributed by atoms with E-state index in [0.29, 0.717) is 29.2 Å². The number of thioether (sulfide) groups is 1. The van der Waals surface area contributed by atoms with Crippen molar-refractivity contribution in [2.45, 2.75) is 23.5 Å². The minimum Gasteiger partial charge on any atom is -0.494 e. The second-order valence-corrected chi connectivity index (χ2v) is 9.74. The Hall–Kier alpha value is -4.37. The van der Waals surface area contributed by atoms with Crippen LogP contribution < -0.4 is 15.4 Å². The Bertz CT molecular complexity index is 1360. The summed E-state index contributed by atoms with van der Waals surface area (Å²) in [7, 11) is 1.48. The van der Waals surface area contributed by atoms with Crippen LogP contribution in [0.3, 0.4) is 0 Å². The molecule has 3 aromatic rings. The molecule has 1 aliphatic heterocycles. The molecule has 194 valence electrons. The number of anilines is 1. The fraction of sp³-hybridized carbons (Fsp3) is 0.172. The average Bonchev–Trinajstić information content (AvgIpc) is 3.17. The number of rotatable bonds is 9. The zero-order valence-electron chi connectivity index (χ0n) is 21.0. The van der Waals surface area contributed by atoms with Gasteiger partial charge in [0.2, 0.25) is 11.8 Å². The Morgan fingerprint density at radius 2 is 1.68 bits per heavy atom. The van der Waals surface area contributed by atoms with E-state index in [1.165, 1.54) is 18.8 Å². The van der Waals surface area contributed by atoms with Crippen molar-refractivity contribution < 1.29 is 23.9 Å². The van der Waals surface area contributed by atoms with Crippen LogP contribution in [-0.4, -0.2) is 47.4 Å². The minimum atomic E-state index is -0.498. The van der Waals surface area contributed by atoms with Crippen molar-refractivity contribution in [2.24, 2.45) is 0 Å². The van der Waals surface area contributed by atoms with Gasteiger partial charge >= 0.3 is 0 Å². The predicted octanol–water partition coefficient (Wildman–Crippen LogP) is 4.34. The second-order valence-electron chi connectivity index (χ2n) is 8.46. The molecular weight excluding hydrogens is 502 g/mol. The van der Waals surface area contributed by atoms with E-state index in [2.05, 4.69) is 10.6 Å². The summed E-state index contributed by atoms with van der Waals surface area (Å²) in [6, 6.07) is 22.8. The number of imide groups is 1. The van der Waals surface area contributed by atoms with Gasteiger partial charge in [0.1, 0.15) is 11.4 Å². The molecule has 0 spiro atoms. The molecule has 0 saturated carbocycles. The summed E-state index contributed by atoms with van der Waals surface area (Å²) < 4.78 is 5.47. The van der Waals surface area contributed by atoms with E-state index < -0.39 is 17.1 Å². The lowest BCUT2D eigenvalue weighted by Crippen LogP contribution is -2.30. The lowest BCUT2D eigenvalue weighted by atomic mass is 10.1. The minimum absolute atomic E-state index is 0.0690. The van der Waals surface area contributed by atoms with Crippen molar-refractivity contribution in [1.82, 2.24) is 10.2 Å². The molecule has 2 N–H and O–H groups in total. The molecule has 3 aromatic carbocycles. The van der Waals surface area contributed by atoms with Gasteiger partial charge in [0.25, 0.3) is 11.8 Å². The van der Waals surface area contributed by atoms with Gasteiger partial charge in [-0.25, -0.2) is 0 Å². The predicted molar refractivity (Wildman–Crippen MR) is 147 cm³/mol. The Labute approximate surface area is 225 Å². The monoisotopic (exact) mass is 529 g/mol. The van der Waals surface area contributed by atoms with Gasteiger partial charge in [-0.15, -0.1) is 11.8 Å². The number of amides is 4. The summed E-state index contributed by atoms with van der Waals surface area (Å²) >= 11 is 1.31. The van der Waals surface area contributed by atoms with Crippen LogP contribution in [0.15, 0.2) is 89.5 Å². The summed E-state index contributed by atoms with van der Waals surface area (Å²) in [5, 5.41) is 5.07. The highest BCUT2D eigenvalue weighted by Crippen LogP contribution is 2.31.